The number of hydrogen-bond acceptors (Lipinski definition) is 5. The van der Waals surface area contributed by atoms with Gasteiger partial charge in [-0.25, -0.2) is 4.98 Å². The molecule has 1 N–H and O–H groups in total. The van der Waals surface area contributed by atoms with Gasteiger partial charge in [0.15, 0.2) is 0 Å². The van der Waals surface area contributed by atoms with Gasteiger partial charge in [-0.1, -0.05) is 6.07 Å². The number of nitrogens with zero attached hydrogens (tertiary/aromatic N) is 4. The number of aromatic nitrogens is 2. The third kappa shape index (κ3) is 4.12. The van der Waals surface area contributed by atoms with Gasteiger partial charge in [0, 0.05) is 44.0 Å². The van der Waals surface area contributed by atoms with Gasteiger partial charge in [-0.3, -0.25) is 14.2 Å². The summed E-state index contributed by atoms with van der Waals surface area (Å²) in [6, 6.07) is 11.4. The van der Waals surface area contributed by atoms with Gasteiger partial charge >= 0.3 is 0 Å². The van der Waals surface area contributed by atoms with Gasteiger partial charge in [0.1, 0.15) is 6.33 Å². The van der Waals surface area contributed by atoms with Gasteiger partial charge in [0.2, 0.25) is 0 Å². The summed E-state index contributed by atoms with van der Waals surface area (Å²) in [6.07, 6.45) is 3.94. The molecule has 0 radical (unpaired) electrons. The Balaban J connectivity index is 1.49. The average Bonchev–Trinajstić information content (AvgIpc) is 3.63. The predicted octanol–water partition coefficient (Wildman–Crippen LogP) is 2.59. The Morgan fingerprint density at radius 3 is 2.62 bits per heavy atom. The number of carbonyl (C=O) groups excluding carboxylic acids is 1. The van der Waals surface area contributed by atoms with E-state index >= 15 is 0 Å². The number of likely N-dealkylation sites (N-methyl/N-ethyl adjacent to an activating group) is 1. The van der Waals surface area contributed by atoms with Crippen LogP contribution in [0.2, 0.25) is 0 Å². The van der Waals surface area contributed by atoms with Crippen LogP contribution in [0.5, 0.6) is 0 Å². The van der Waals surface area contributed by atoms with Crippen LogP contribution in [-0.2, 0) is 0 Å². The monoisotopic (exact) mass is 431 g/mol. The maximum absolute atomic E-state index is 13.5. The zero-order valence-corrected chi connectivity index (χ0v) is 18.7. The van der Waals surface area contributed by atoms with E-state index in [1.54, 1.807) is 17.0 Å². The second-order valence-electron chi connectivity index (χ2n) is 9.07. The number of benzene rings is 2. The van der Waals surface area contributed by atoms with E-state index in [0.717, 1.165) is 37.4 Å². The minimum Gasteiger partial charge on any atom is -0.369 e. The molecule has 0 unspecified atom stereocenters. The van der Waals surface area contributed by atoms with E-state index in [4.69, 9.17) is 0 Å². The molecule has 3 aromatic rings. The smallest absolute Gasteiger partial charge is 0.265 e. The van der Waals surface area contributed by atoms with Gasteiger partial charge in [0.05, 0.1) is 16.6 Å². The van der Waals surface area contributed by atoms with Crippen LogP contribution in [0.15, 0.2) is 47.5 Å². The number of anilines is 1. The Morgan fingerprint density at radius 2 is 1.88 bits per heavy atom. The Labute approximate surface area is 187 Å². The molecule has 1 saturated heterocycles. The molecule has 7 nitrogen and oxygen atoms in total. The number of rotatable bonds is 5. The van der Waals surface area contributed by atoms with Crippen molar-refractivity contribution in [3.8, 4) is 5.69 Å². The van der Waals surface area contributed by atoms with E-state index < -0.39 is 0 Å². The first-order chi connectivity index (χ1) is 15.5. The Morgan fingerprint density at radius 1 is 1.09 bits per heavy atom. The van der Waals surface area contributed by atoms with Crippen molar-refractivity contribution in [3.63, 3.8) is 0 Å². The fourth-order valence-electron chi connectivity index (χ4n) is 4.21. The van der Waals surface area contributed by atoms with E-state index in [-0.39, 0.29) is 11.5 Å². The van der Waals surface area contributed by atoms with Crippen LogP contribution in [0, 0.1) is 12.8 Å². The summed E-state index contributed by atoms with van der Waals surface area (Å²) in [5.41, 5.74) is 3.78. The van der Waals surface area contributed by atoms with Gasteiger partial charge < -0.3 is 15.1 Å². The average molecular weight is 432 g/mol. The number of amides is 1. The maximum atomic E-state index is 13.5. The normalized spacial score (nSPS) is 17.0. The molecule has 2 fully saturated rings. The summed E-state index contributed by atoms with van der Waals surface area (Å²) < 4.78 is 1.56. The molecule has 1 aromatic heterocycles. The highest BCUT2D eigenvalue weighted by molar-refractivity contribution is 5.95. The van der Waals surface area contributed by atoms with Crippen LogP contribution < -0.4 is 15.8 Å². The first-order valence-electron chi connectivity index (χ1n) is 11.3. The Kier molecular flexibility index (Phi) is 5.43. The molecule has 2 aliphatic rings. The van der Waals surface area contributed by atoms with Crippen molar-refractivity contribution >= 4 is 22.5 Å². The van der Waals surface area contributed by atoms with Gasteiger partial charge in [-0.2, -0.15) is 0 Å². The quantitative estimate of drug-likeness (QED) is 0.673. The summed E-state index contributed by atoms with van der Waals surface area (Å²) in [5, 5.41) is 3.59. The summed E-state index contributed by atoms with van der Waals surface area (Å²) >= 11 is 0. The Hall–Kier alpha value is -3.19. The lowest BCUT2D eigenvalue weighted by Gasteiger charge is -2.34. The lowest BCUT2D eigenvalue weighted by molar-refractivity contribution is 0.0951. The van der Waals surface area contributed by atoms with Gasteiger partial charge in [-0.05, 0) is 68.6 Å². The van der Waals surface area contributed by atoms with Gasteiger partial charge in [0.25, 0.3) is 11.5 Å². The fraction of sp³-hybridized carbons (Fsp3) is 0.400. The second-order valence-corrected chi connectivity index (χ2v) is 9.07. The summed E-state index contributed by atoms with van der Waals surface area (Å²) in [4.78, 5) is 35.2. The van der Waals surface area contributed by atoms with Crippen LogP contribution in [0.1, 0.15) is 28.8 Å². The molecule has 2 aromatic carbocycles. The van der Waals surface area contributed by atoms with Crippen molar-refractivity contribution in [1.29, 1.82) is 0 Å². The predicted molar refractivity (Wildman–Crippen MR) is 127 cm³/mol. The highest BCUT2D eigenvalue weighted by Crippen LogP contribution is 2.27. The molecule has 1 saturated carbocycles. The molecule has 32 heavy (non-hydrogen) atoms. The molecule has 0 bridgehead atoms. The first kappa shape index (κ1) is 20.7. The van der Waals surface area contributed by atoms with Crippen molar-refractivity contribution < 1.29 is 4.79 Å². The van der Waals surface area contributed by atoms with E-state index in [2.05, 4.69) is 27.1 Å². The third-order valence-corrected chi connectivity index (χ3v) is 6.59. The molecule has 1 amide bonds. The summed E-state index contributed by atoms with van der Waals surface area (Å²) in [7, 11) is 2.13. The van der Waals surface area contributed by atoms with E-state index in [0.29, 0.717) is 34.6 Å². The van der Waals surface area contributed by atoms with Crippen LogP contribution in [-0.4, -0.2) is 60.1 Å². The molecule has 0 atom stereocenters. The van der Waals surface area contributed by atoms with Gasteiger partial charge in [-0.15, -0.1) is 0 Å². The molecule has 2 heterocycles. The molecule has 7 heteroatoms. The molecule has 1 aliphatic carbocycles. The molecule has 166 valence electrons. The standard InChI is InChI=1S/C25H29N5O2/c1-17-3-6-19(24(31)26-15-18-4-5-18)13-23(17)30-16-27-22-8-7-20(14-21(22)25(30)32)29-11-9-28(2)10-12-29/h3,6-8,13-14,16,18H,4-5,9-12,15H2,1-2H3,(H,26,31). The van der Waals surface area contributed by atoms with Crippen LogP contribution in [0.4, 0.5) is 5.69 Å². The number of fused-ring (bicyclic) bond motifs is 1. The first-order valence-corrected chi connectivity index (χ1v) is 11.3. The molecule has 1 aliphatic heterocycles. The zero-order valence-electron chi connectivity index (χ0n) is 18.7. The number of hydrogen-bond donors (Lipinski definition) is 1. The molecule has 0 spiro atoms. The fourth-order valence-corrected chi connectivity index (χ4v) is 4.21. The largest absolute Gasteiger partial charge is 0.369 e. The molecular formula is C25H29N5O2. The van der Waals surface area contributed by atoms with Crippen molar-refractivity contribution in [2.24, 2.45) is 5.92 Å². The van der Waals surface area contributed by atoms with Crippen LogP contribution >= 0.6 is 0 Å². The second kappa shape index (κ2) is 8.39. The molecule has 5 rings (SSSR count). The van der Waals surface area contributed by atoms with E-state index in [9.17, 15) is 9.59 Å². The van der Waals surface area contributed by atoms with E-state index in [1.165, 1.54) is 12.8 Å². The zero-order chi connectivity index (χ0) is 22.2. The lowest BCUT2D eigenvalue weighted by atomic mass is 10.1. The minimum atomic E-state index is -0.121. The number of aryl methyl sites for hydroxylation is 1. The summed E-state index contributed by atoms with van der Waals surface area (Å²) in [6.45, 7) is 6.54. The topological polar surface area (TPSA) is 70.5 Å². The highest BCUT2D eigenvalue weighted by Gasteiger charge is 2.22. The van der Waals surface area contributed by atoms with Crippen LogP contribution in [0.25, 0.3) is 16.6 Å². The lowest BCUT2D eigenvalue weighted by Crippen LogP contribution is -2.44. The summed E-state index contributed by atoms with van der Waals surface area (Å²) in [5.74, 6) is 0.517. The Bertz CT molecular complexity index is 1220. The van der Waals surface area contributed by atoms with Crippen molar-refractivity contribution in [2.75, 3.05) is 44.7 Å². The number of carbonyl (C=O) groups is 1. The third-order valence-electron chi connectivity index (χ3n) is 6.59. The number of piperazine rings is 1. The SMILES string of the molecule is Cc1ccc(C(=O)NCC2CC2)cc1-n1cnc2ccc(N3CCN(C)CC3)cc2c1=O. The number of nitrogens with one attached hydrogen (secondary N) is 1. The van der Waals surface area contributed by atoms with Crippen LogP contribution in [0.3, 0.4) is 0 Å². The molecular weight excluding hydrogens is 402 g/mol. The van der Waals surface area contributed by atoms with Crippen molar-refractivity contribution in [2.45, 2.75) is 19.8 Å². The van der Waals surface area contributed by atoms with Crippen molar-refractivity contribution in [1.82, 2.24) is 19.8 Å². The maximum Gasteiger partial charge on any atom is 0.265 e. The van der Waals surface area contributed by atoms with Crippen molar-refractivity contribution in [3.05, 3.63) is 64.2 Å². The highest BCUT2D eigenvalue weighted by atomic mass is 16.1. The van der Waals surface area contributed by atoms with E-state index in [1.807, 2.05) is 37.3 Å². The minimum absolute atomic E-state index is 0.0997.